The Balaban J connectivity index is 1.83. The van der Waals surface area contributed by atoms with E-state index < -0.39 is 35.1 Å². The average Bonchev–Trinajstić information content (AvgIpc) is 2.77. The van der Waals surface area contributed by atoms with Crippen LogP contribution in [0.5, 0.6) is 0 Å². The molecule has 0 aromatic heterocycles. The Morgan fingerprint density at radius 3 is 2.03 bits per heavy atom. The number of hydrogen-bond acceptors (Lipinski definition) is 3. The standard InChI is InChI=1S/C24H18Cl3F2NO3/c1-2-33-24(32)21-16(26)10-15(11-17(21)27)13-6-8-14(9-7-13)20(12-25)30-23(31)22-18(28)4-3-5-19(22)29/h3-11,20H,2,12H2,1H3,(H,30,31). The van der Waals surface area contributed by atoms with E-state index in [1.807, 2.05) is 0 Å². The first-order chi connectivity index (χ1) is 15.8. The predicted octanol–water partition coefficient (Wildman–Crippen LogP) is 6.83. The first-order valence-electron chi connectivity index (χ1n) is 9.84. The lowest BCUT2D eigenvalue weighted by Gasteiger charge is -2.18. The summed E-state index contributed by atoms with van der Waals surface area (Å²) < 4.78 is 32.8. The van der Waals surface area contributed by atoms with Crippen LogP contribution in [0.3, 0.4) is 0 Å². The van der Waals surface area contributed by atoms with Crippen molar-refractivity contribution < 1.29 is 23.1 Å². The van der Waals surface area contributed by atoms with Crippen molar-refractivity contribution in [3.8, 4) is 11.1 Å². The maximum Gasteiger partial charge on any atom is 0.341 e. The van der Waals surface area contributed by atoms with Gasteiger partial charge in [0, 0.05) is 5.88 Å². The number of amides is 1. The summed E-state index contributed by atoms with van der Waals surface area (Å²) in [6.45, 7) is 1.87. The van der Waals surface area contributed by atoms with E-state index in [0.717, 1.165) is 17.7 Å². The van der Waals surface area contributed by atoms with E-state index in [9.17, 15) is 18.4 Å². The molecule has 1 unspecified atom stereocenters. The fourth-order valence-electron chi connectivity index (χ4n) is 3.20. The van der Waals surface area contributed by atoms with Crippen molar-refractivity contribution in [1.82, 2.24) is 5.32 Å². The van der Waals surface area contributed by atoms with Gasteiger partial charge >= 0.3 is 5.97 Å². The zero-order valence-electron chi connectivity index (χ0n) is 17.3. The normalized spacial score (nSPS) is 11.7. The lowest BCUT2D eigenvalue weighted by Crippen LogP contribution is -2.31. The first-order valence-corrected chi connectivity index (χ1v) is 11.1. The number of halogens is 5. The summed E-state index contributed by atoms with van der Waals surface area (Å²) in [5, 5.41) is 2.85. The third-order valence-electron chi connectivity index (χ3n) is 4.82. The summed E-state index contributed by atoms with van der Waals surface area (Å²) in [7, 11) is 0. The minimum atomic E-state index is -0.962. The Hall–Kier alpha value is -2.67. The Bertz CT molecular complexity index is 1140. The smallest absolute Gasteiger partial charge is 0.341 e. The highest BCUT2D eigenvalue weighted by atomic mass is 35.5. The number of nitrogens with one attached hydrogen (secondary N) is 1. The Labute approximate surface area is 204 Å². The molecule has 0 bridgehead atoms. The molecule has 0 fully saturated rings. The van der Waals surface area contributed by atoms with Crippen molar-refractivity contribution in [3.05, 3.63) is 93.0 Å². The van der Waals surface area contributed by atoms with Crippen LogP contribution in [0.2, 0.25) is 10.0 Å². The minimum Gasteiger partial charge on any atom is -0.462 e. The van der Waals surface area contributed by atoms with Crippen LogP contribution in [-0.2, 0) is 4.74 Å². The van der Waals surface area contributed by atoms with Gasteiger partial charge in [0.15, 0.2) is 0 Å². The maximum atomic E-state index is 13.9. The molecule has 1 N–H and O–H groups in total. The van der Waals surface area contributed by atoms with Crippen molar-refractivity contribution >= 4 is 46.7 Å². The molecule has 0 radical (unpaired) electrons. The van der Waals surface area contributed by atoms with Crippen LogP contribution >= 0.6 is 34.8 Å². The highest BCUT2D eigenvalue weighted by molar-refractivity contribution is 6.39. The van der Waals surface area contributed by atoms with Crippen molar-refractivity contribution in [2.75, 3.05) is 12.5 Å². The highest BCUT2D eigenvalue weighted by Crippen LogP contribution is 2.33. The monoisotopic (exact) mass is 511 g/mol. The summed E-state index contributed by atoms with van der Waals surface area (Å²) in [4.78, 5) is 24.4. The molecular formula is C24H18Cl3F2NO3. The van der Waals surface area contributed by atoms with E-state index in [1.54, 1.807) is 43.3 Å². The Morgan fingerprint density at radius 1 is 0.939 bits per heavy atom. The molecule has 9 heteroatoms. The number of carbonyl (C=O) groups is 2. The lowest BCUT2D eigenvalue weighted by molar-refractivity contribution is 0.0526. The van der Waals surface area contributed by atoms with Crippen molar-refractivity contribution in [1.29, 1.82) is 0 Å². The van der Waals surface area contributed by atoms with E-state index in [4.69, 9.17) is 39.5 Å². The average molecular weight is 513 g/mol. The molecule has 1 amide bonds. The fourth-order valence-corrected chi connectivity index (χ4v) is 4.10. The molecule has 0 heterocycles. The number of carbonyl (C=O) groups excluding carboxylic acids is 2. The number of alkyl halides is 1. The molecule has 3 aromatic carbocycles. The van der Waals surface area contributed by atoms with Gasteiger partial charge in [-0.05, 0) is 47.9 Å². The summed E-state index contributed by atoms with van der Waals surface area (Å²) in [6.07, 6.45) is 0. The lowest BCUT2D eigenvalue weighted by atomic mass is 10.00. The quantitative estimate of drug-likeness (QED) is 0.279. The van der Waals surface area contributed by atoms with E-state index in [-0.39, 0.29) is 28.1 Å². The molecule has 1 atom stereocenters. The number of ether oxygens (including phenoxy) is 1. The maximum absolute atomic E-state index is 13.9. The van der Waals surface area contributed by atoms with Gasteiger partial charge in [0.25, 0.3) is 5.91 Å². The van der Waals surface area contributed by atoms with Gasteiger partial charge in [0.05, 0.1) is 28.3 Å². The molecule has 4 nitrogen and oxygen atoms in total. The van der Waals surface area contributed by atoms with Gasteiger partial charge in [-0.3, -0.25) is 4.79 Å². The van der Waals surface area contributed by atoms with Gasteiger partial charge in [0.2, 0.25) is 0 Å². The SMILES string of the molecule is CCOC(=O)c1c(Cl)cc(-c2ccc(C(CCl)NC(=O)c3c(F)cccc3F)cc2)cc1Cl. The van der Waals surface area contributed by atoms with Crippen LogP contribution in [0.25, 0.3) is 11.1 Å². The van der Waals surface area contributed by atoms with Crippen LogP contribution in [0, 0.1) is 11.6 Å². The molecule has 0 spiro atoms. The molecule has 0 saturated carbocycles. The summed E-state index contributed by atoms with van der Waals surface area (Å²) in [6, 6.07) is 12.6. The summed E-state index contributed by atoms with van der Waals surface area (Å²) in [5.41, 5.74) is 1.43. The molecule has 3 aromatic rings. The fraction of sp³-hybridized carbons (Fsp3) is 0.167. The van der Waals surface area contributed by atoms with E-state index in [2.05, 4.69) is 5.32 Å². The van der Waals surface area contributed by atoms with E-state index in [1.165, 1.54) is 6.07 Å². The molecule has 0 aliphatic heterocycles. The molecule has 0 saturated heterocycles. The van der Waals surface area contributed by atoms with Gasteiger partial charge in [0.1, 0.15) is 17.2 Å². The second kappa shape index (κ2) is 11.0. The first kappa shape index (κ1) is 25.0. The molecule has 3 rings (SSSR count). The van der Waals surface area contributed by atoms with Gasteiger partial charge < -0.3 is 10.1 Å². The van der Waals surface area contributed by atoms with Crippen LogP contribution < -0.4 is 5.32 Å². The molecular weight excluding hydrogens is 495 g/mol. The van der Waals surface area contributed by atoms with Crippen LogP contribution in [0.15, 0.2) is 54.6 Å². The van der Waals surface area contributed by atoms with Crippen LogP contribution in [0.4, 0.5) is 8.78 Å². The third-order valence-corrected chi connectivity index (χ3v) is 5.72. The second-order valence-corrected chi connectivity index (χ2v) is 8.06. The largest absolute Gasteiger partial charge is 0.462 e. The van der Waals surface area contributed by atoms with E-state index >= 15 is 0 Å². The second-order valence-electron chi connectivity index (χ2n) is 6.93. The highest BCUT2D eigenvalue weighted by Gasteiger charge is 2.22. The van der Waals surface area contributed by atoms with Crippen molar-refractivity contribution in [2.24, 2.45) is 0 Å². The summed E-state index contributed by atoms with van der Waals surface area (Å²) >= 11 is 18.5. The number of esters is 1. The summed E-state index contributed by atoms with van der Waals surface area (Å²) in [5.74, 6) is -3.46. The minimum absolute atomic E-state index is 0.0208. The number of rotatable bonds is 7. The van der Waals surface area contributed by atoms with Crippen molar-refractivity contribution in [3.63, 3.8) is 0 Å². The Kier molecular flexibility index (Phi) is 8.30. The third kappa shape index (κ3) is 5.64. The van der Waals surface area contributed by atoms with E-state index in [0.29, 0.717) is 11.1 Å². The molecule has 0 aliphatic carbocycles. The molecule has 172 valence electrons. The topological polar surface area (TPSA) is 55.4 Å². The zero-order chi connectivity index (χ0) is 24.1. The van der Waals surface area contributed by atoms with Gasteiger partial charge in [-0.2, -0.15) is 0 Å². The zero-order valence-corrected chi connectivity index (χ0v) is 19.6. The van der Waals surface area contributed by atoms with Gasteiger partial charge in [-0.15, -0.1) is 11.6 Å². The molecule has 33 heavy (non-hydrogen) atoms. The van der Waals surface area contributed by atoms with Crippen LogP contribution in [0.1, 0.15) is 39.2 Å². The number of hydrogen-bond donors (Lipinski definition) is 1. The van der Waals surface area contributed by atoms with Crippen LogP contribution in [-0.4, -0.2) is 24.4 Å². The predicted molar refractivity (Wildman–Crippen MR) is 125 cm³/mol. The van der Waals surface area contributed by atoms with Gasteiger partial charge in [-0.25, -0.2) is 13.6 Å². The number of benzene rings is 3. The molecule has 0 aliphatic rings. The Morgan fingerprint density at radius 2 is 1.52 bits per heavy atom. The van der Waals surface area contributed by atoms with Gasteiger partial charge in [-0.1, -0.05) is 53.5 Å². The van der Waals surface area contributed by atoms with Crippen molar-refractivity contribution in [2.45, 2.75) is 13.0 Å².